The quantitative estimate of drug-likeness (QED) is 0.439. The van der Waals surface area contributed by atoms with E-state index in [4.69, 9.17) is 4.74 Å². The van der Waals surface area contributed by atoms with Crippen LogP contribution in [-0.2, 0) is 0 Å². The van der Waals surface area contributed by atoms with Crippen molar-refractivity contribution >= 4 is 11.4 Å². The lowest BCUT2D eigenvalue weighted by molar-refractivity contribution is 0.397. The number of methoxy groups -OCH3 is 1. The number of para-hydroxylation sites is 1. The van der Waals surface area contributed by atoms with Crippen molar-refractivity contribution in [1.29, 1.82) is 0 Å². The molecule has 4 rings (SSSR count). The van der Waals surface area contributed by atoms with Crippen LogP contribution in [0.25, 0.3) is 0 Å². The maximum atomic E-state index is 13.5. The van der Waals surface area contributed by atoms with Crippen molar-refractivity contribution in [1.82, 2.24) is 15.0 Å². The molecule has 1 atom stereocenters. The predicted molar refractivity (Wildman–Crippen MR) is 110 cm³/mol. The highest BCUT2D eigenvalue weighted by Crippen LogP contribution is 2.38. The molecule has 6 heteroatoms. The summed E-state index contributed by atoms with van der Waals surface area (Å²) in [5.41, 5.74) is 3.59. The number of ether oxygens (including phenoxy) is 1. The predicted octanol–water partition coefficient (Wildman–Crippen LogP) is 4.95. The lowest BCUT2D eigenvalue weighted by atomic mass is 9.98. The number of nitrogens with zero attached hydrogens (tertiary/aromatic N) is 4. The Kier molecular flexibility index (Phi) is 5.42. The van der Waals surface area contributed by atoms with Crippen LogP contribution in [0.5, 0.6) is 5.88 Å². The van der Waals surface area contributed by atoms with Gasteiger partial charge in [0.1, 0.15) is 0 Å². The topological polar surface area (TPSA) is 51.1 Å². The van der Waals surface area contributed by atoms with Crippen LogP contribution in [0.15, 0.2) is 91.5 Å². The van der Waals surface area contributed by atoms with Crippen LogP contribution in [0.4, 0.5) is 15.8 Å². The summed E-state index contributed by atoms with van der Waals surface area (Å²) in [7, 11) is 1.58. The number of hydrogen-bond donors (Lipinski definition) is 0. The maximum absolute atomic E-state index is 13.5. The largest absolute Gasteiger partial charge is 0.481 e. The second-order valence-electron chi connectivity index (χ2n) is 6.37. The van der Waals surface area contributed by atoms with Gasteiger partial charge >= 0.3 is 0 Å². The molecule has 0 aliphatic rings. The Labute approximate surface area is 168 Å². The molecular formula is C23H19FN4O. The van der Waals surface area contributed by atoms with E-state index in [1.54, 1.807) is 38.0 Å². The van der Waals surface area contributed by atoms with Gasteiger partial charge in [-0.1, -0.05) is 24.3 Å². The van der Waals surface area contributed by atoms with Crippen LogP contribution >= 0.6 is 0 Å². The van der Waals surface area contributed by atoms with E-state index in [0.29, 0.717) is 5.88 Å². The second kappa shape index (κ2) is 8.48. The third kappa shape index (κ3) is 4.06. The van der Waals surface area contributed by atoms with Gasteiger partial charge in [0.05, 0.1) is 25.0 Å². The molecule has 0 saturated carbocycles. The minimum atomic E-state index is -0.520. The molecule has 0 amide bonds. The molecule has 3 heterocycles. The minimum absolute atomic E-state index is 0.298. The van der Waals surface area contributed by atoms with Gasteiger partial charge in [-0.05, 0) is 47.5 Å². The first-order chi connectivity index (χ1) is 14.3. The average molecular weight is 386 g/mol. The summed E-state index contributed by atoms with van der Waals surface area (Å²) < 4.78 is 18.7. The van der Waals surface area contributed by atoms with E-state index in [-0.39, 0.29) is 6.04 Å². The van der Waals surface area contributed by atoms with Crippen molar-refractivity contribution in [2.75, 3.05) is 12.0 Å². The van der Waals surface area contributed by atoms with Crippen molar-refractivity contribution in [3.05, 3.63) is 109 Å². The maximum Gasteiger partial charge on any atom is 0.212 e. The van der Waals surface area contributed by atoms with Gasteiger partial charge in [0.25, 0.3) is 0 Å². The molecule has 5 nitrogen and oxygen atoms in total. The van der Waals surface area contributed by atoms with E-state index in [2.05, 4.69) is 19.9 Å². The van der Waals surface area contributed by atoms with Gasteiger partial charge in [-0.15, -0.1) is 0 Å². The van der Waals surface area contributed by atoms with Gasteiger partial charge in [0.2, 0.25) is 11.8 Å². The average Bonchev–Trinajstić information content (AvgIpc) is 2.79. The van der Waals surface area contributed by atoms with Gasteiger partial charge in [-0.3, -0.25) is 4.98 Å². The van der Waals surface area contributed by atoms with E-state index in [9.17, 15) is 4.39 Å². The molecule has 0 fully saturated rings. The number of hydrogen-bond acceptors (Lipinski definition) is 5. The molecule has 0 aliphatic carbocycles. The van der Waals surface area contributed by atoms with Crippen LogP contribution < -0.4 is 9.64 Å². The van der Waals surface area contributed by atoms with E-state index in [1.165, 1.54) is 6.07 Å². The molecule has 1 unspecified atom stereocenters. The zero-order valence-electron chi connectivity index (χ0n) is 15.8. The normalized spacial score (nSPS) is 11.7. The van der Waals surface area contributed by atoms with Crippen LogP contribution in [-0.4, -0.2) is 22.1 Å². The first-order valence-electron chi connectivity index (χ1n) is 9.12. The summed E-state index contributed by atoms with van der Waals surface area (Å²) in [6.45, 7) is 0. The molecule has 1 aromatic carbocycles. The number of anilines is 2. The van der Waals surface area contributed by atoms with E-state index in [1.807, 2.05) is 54.6 Å². The molecule has 0 bridgehead atoms. The molecule has 3 aromatic heterocycles. The second-order valence-corrected chi connectivity index (χ2v) is 6.37. The third-order valence-corrected chi connectivity index (χ3v) is 4.57. The SMILES string of the molecule is COc1ccc(C(c2ccc(F)nc2)N(c2ccccc2)c2cccnc2)cn1. The fraction of sp³-hybridized carbons (Fsp3) is 0.0870. The lowest BCUT2D eigenvalue weighted by Crippen LogP contribution is -2.25. The number of rotatable bonds is 6. The van der Waals surface area contributed by atoms with E-state index >= 15 is 0 Å². The number of halogens is 1. The monoisotopic (exact) mass is 386 g/mol. The summed E-state index contributed by atoms with van der Waals surface area (Å²) in [6.07, 6.45) is 6.85. The van der Waals surface area contributed by atoms with Crippen molar-refractivity contribution in [2.24, 2.45) is 0 Å². The summed E-state index contributed by atoms with van der Waals surface area (Å²) in [4.78, 5) is 14.7. The molecule has 0 aliphatic heterocycles. The molecule has 4 aromatic rings. The van der Waals surface area contributed by atoms with Crippen LogP contribution in [0.3, 0.4) is 0 Å². The lowest BCUT2D eigenvalue weighted by Gasteiger charge is -2.34. The zero-order chi connectivity index (χ0) is 20.1. The highest BCUT2D eigenvalue weighted by atomic mass is 19.1. The number of aromatic nitrogens is 3. The van der Waals surface area contributed by atoms with Gasteiger partial charge in [-0.25, -0.2) is 9.97 Å². The van der Waals surface area contributed by atoms with E-state index < -0.39 is 5.95 Å². The highest BCUT2D eigenvalue weighted by molar-refractivity contribution is 5.66. The fourth-order valence-electron chi connectivity index (χ4n) is 3.25. The van der Waals surface area contributed by atoms with Crippen LogP contribution in [0, 0.1) is 5.95 Å². The van der Waals surface area contributed by atoms with Crippen molar-refractivity contribution in [2.45, 2.75) is 6.04 Å². The highest BCUT2D eigenvalue weighted by Gasteiger charge is 2.25. The first kappa shape index (κ1) is 18.6. The van der Waals surface area contributed by atoms with Crippen molar-refractivity contribution in [3.8, 4) is 5.88 Å². The molecular weight excluding hydrogens is 367 g/mol. The summed E-state index contributed by atoms with van der Waals surface area (Å²) in [5, 5.41) is 0. The Morgan fingerprint density at radius 3 is 2.10 bits per heavy atom. The first-order valence-corrected chi connectivity index (χ1v) is 9.12. The Hall–Kier alpha value is -3.80. The summed E-state index contributed by atoms with van der Waals surface area (Å²) >= 11 is 0. The fourth-order valence-corrected chi connectivity index (χ4v) is 3.25. The molecule has 0 radical (unpaired) electrons. The molecule has 144 valence electrons. The summed E-state index contributed by atoms with van der Waals surface area (Å²) in [6, 6.07) is 20.4. The standard InChI is InChI=1S/C23H19FN4O/c1-29-22-12-10-18(15-27-22)23(17-9-11-21(24)26-14-17)28(19-6-3-2-4-7-19)20-8-5-13-25-16-20/h2-16,23H,1H3. The van der Waals surface area contributed by atoms with Crippen molar-refractivity contribution in [3.63, 3.8) is 0 Å². The van der Waals surface area contributed by atoms with Gasteiger partial charge in [-0.2, -0.15) is 4.39 Å². The summed E-state index contributed by atoms with van der Waals surface area (Å²) in [5.74, 6) is 0.00497. The third-order valence-electron chi connectivity index (χ3n) is 4.57. The Morgan fingerprint density at radius 1 is 0.793 bits per heavy atom. The molecule has 0 saturated heterocycles. The molecule has 0 spiro atoms. The van der Waals surface area contributed by atoms with Gasteiger partial charge < -0.3 is 9.64 Å². The Balaban J connectivity index is 1.91. The van der Waals surface area contributed by atoms with Crippen molar-refractivity contribution < 1.29 is 9.13 Å². The molecule has 29 heavy (non-hydrogen) atoms. The number of pyridine rings is 3. The Bertz CT molecular complexity index is 1000. The van der Waals surface area contributed by atoms with Gasteiger partial charge in [0, 0.05) is 30.3 Å². The Morgan fingerprint density at radius 2 is 1.52 bits per heavy atom. The van der Waals surface area contributed by atoms with Gasteiger partial charge in [0.15, 0.2) is 0 Å². The van der Waals surface area contributed by atoms with Crippen LogP contribution in [0.2, 0.25) is 0 Å². The number of benzene rings is 1. The smallest absolute Gasteiger partial charge is 0.212 e. The molecule has 0 N–H and O–H groups in total. The minimum Gasteiger partial charge on any atom is -0.481 e. The van der Waals surface area contributed by atoms with E-state index in [0.717, 1.165) is 22.5 Å². The zero-order valence-corrected chi connectivity index (χ0v) is 15.8. The van der Waals surface area contributed by atoms with Crippen LogP contribution in [0.1, 0.15) is 17.2 Å².